The van der Waals surface area contributed by atoms with Gasteiger partial charge in [0.2, 0.25) is 6.04 Å². The largest absolute Gasteiger partial charge is 0.367 e. The molecular formula is C19H21ClN2O4. The molecule has 0 spiro atoms. The third kappa shape index (κ3) is 3.73. The van der Waals surface area contributed by atoms with Crippen molar-refractivity contribution in [1.29, 1.82) is 0 Å². The molecule has 1 aliphatic heterocycles. The maximum absolute atomic E-state index is 12.0. The van der Waals surface area contributed by atoms with Gasteiger partial charge in [0.1, 0.15) is 6.04 Å². The smallest absolute Gasteiger partial charge is 0.240 e. The average Bonchev–Trinajstić information content (AvgIpc) is 3.04. The van der Waals surface area contributed by atoms with E-state index in [1.54, 1.807) is 31.2 Å². The van der Waals surface area contributed by atoms with Crippen LogP contribution in [0.1, 0.15) is 30.0 Å². The molecule has 0 aromatic heterocycles. The number of aliphatic hydroxyl groups excluding tert-OH is 1. The van der Waals surface area contributed by atoms with Gasteiger partial charge in [-0.25, -0.2) is 0 Å². The third-order valence-electron chi connectivity index (χ3n) is 4.77. The molecule has 3 rings (SSSR count). The summed E-state index contributed by atoms with van der Waals surface area (Å²) >= 11 is 5.95. The van der Waals surface area contributed by atoms with Crippen molar-refractivity contribution < 1.29 is 14.8 Å². The van der Waals surface area contributed by atoms with E-state index in [1.165, 1.54) is 0 Å². The number of ether oxygens (including phenoxy) is 1. The predicted octanol–water partition coefficient (Wildman–Crippen LogP) is 3.14. The molecule has 7 heteroatoms. The molecule has 1 heterocycles. The second-order valence-corrected chi connectivity index (χ2v) is 6.72. The summed E-state index contributed by atoms with van der Waals surface area (Å²) in [6, 6.07) is 14.1. The molecule has 0 unspecified atom stereocenters. The number of nitrogens with zero attached hydrogens (tertiary/aromatic N) is 1. The van der Waals surface area contributed by atoms with Crippen LogP contribution in [0, 0.1) is 10.1 Å². The van der Waals surface area contributed by atoms with Crippen molar-refractivity contribution in [3.8, 4) is 0 Å². The molecule has 0 saturated carbocycles. The van der Waals surface area contributed by atoms with Gasteiger partial charge >= 0.3 is 0 Å². The monoisotopic (exact) mass is 376 g/mol. The van der Waals surface area contributed by atoms with Gasteiger partial charge in [0.15, 0.2) is 6.29 Å². The summed E-state index contributed by atoms with van der Waals surface area (Å²) in [5.74, 6) is -0.534. The van der Waals surface area contributed by atoms with Crippen LogP contribution in [0.3, 0.4) is 0 Å². The Morgan fingerprint density at radius 3 is 2.42 bits per heavy atom. The Bertz CT molecular complexity index is 741. The second kappa shape index (κ2) is 8.14. The Morgan fingerprint density at radius 2 is 1.85 bits per heavy atom. The standard InChI is InChI=1S/C19H21ClN2O4/c1-2-26-19(23)17-15(12-6-4-3-5-7-12)18(22(24)25)16(21-17)13-8-10-14(20)11-9-13/h3-11,15-19,21,23H,2H2,1H3/t15-,16+,17+,18+,19+/m1/s1. The van der Waals surface area contributed by atoms with E-state index in [1.807, 2.05) is 30.3 Å². The molecule has 0 bridgehead atoms. The molecule has 1 aliphatic rings. The van der Waals surface area contributed by atoms with Crippen molar-refractivity contribution in [2.45, 2.75) is 37.3 Å². The molecule has 2 aromatic rings. The maximum atomic E-state index is 12.0. The molecule has 0 amide bonds. The van der Waals surface area contributed by atoms with Crippen LogP contribution in [0.15, 0.2) is 54.6 Å². The lowest BCUT2D eigenvalue weighted by molar-refractivity contribution is -0.527. The highest BCUT2D eigenvalue weighted by atomic mass is 35.5. The van der Waals surface area contributed by atoms with Crippen LogP contribution >= 0.6 is 11.6 Å². The Labute approximate surface area is 156 Å². The van der Waals surface area contributed by atoms with E-state index < -0.39 is 30.3 Å². The SMILES string of the molecule is CCO[C@H](O)[C@H]1N[C@@H](c2ccc(Cl)cc2)[C@@H]([N+](=O)[O-])[C@@H]1c1ccccc1. The Morgan fingerprint density at radius 1 is 1.19 bits per heavy atom. The molecular weight excluding hydrogens is 356 g/mol. The van der Waals surface area contributed by atoms with E-state index in [9.17, 15) is 15.2 Å². The third-order valence-corrected chi connectivity index (χ3v) is 5.02. The zero-order chi connectivity index (χ0) is 18.7. The zero-order valence-corrected chi connectivity index (χ0v) is 15.0. The summed E-state index contributed by atoms with van der Waals surface area (Å²) in [5.41, 5.74) is 1.55. The highest BCUT2D eigenvalue weighted by Gasteiger charge is 2.54. The van der Waals surface area contributed by atoms with Crippen molar-refractivity contribution in [3.63, 3.8) is 0 Å². The number of rotatable bonds is 6. The molecule has 6 nitrogen and oxygen atoms in total. The number of hydrogen-bond donors (Lipinski definition) is 2. The normalized spacial score (nSPS) is 26.6. The van der Waals surface area contributed by atoms with Gasteiger partial charge in [-0.1, -0.05) is 54.1 Å². The number of nitro groups is 1. The van der Waals surface area contributed by atoms with Gasteiger partial charge in [-0.2, -0.15) is 0 Å². The van der Waals surface area contributed by atoms with Gasteiger partial charge in [-0.05, 0) is 30.2 Å². The molecule has 5 atom stereocenters. The minimum Gasteiger partial charge on any atom is -0.367 e. The maximum Gasteiger partial charge on any atom is 0.240 e. The molecule has 2 N–H and O–H groups in total. The first kappa shape index (κ1) is 18.8. The van der Waals surface area contributed by atoms with Crippen LogP contribution in [0.4, 0.5) is 0 Å². The predicted molar refractivity (Wildman–Crippen MR) is 98.7 cm³/mol. The number of nitrogens with one attached hydrogen (secondary N) is 1. The molecule has 26 heavy (non-hydrogen) atoms. The quantitative estimate of drug-likeness (QED) is 0.459. The first-order valence-electron chi connectivity index (χ1n) is 8.52. The fourth-order valence-electron chi connectivity index (χ4n) is 3.66. The van der Waals surface area contributed by atoms with Gasteiger partial charge in [-0.3, -0.25) is 15.4 Å². The Kier molecular flexibility index (Phi) is 5.88. The van der Waals surface area contributed by atoms with E-state index in [0.717, 1.165) is 11.1 Å². The van der Waals surface area contributed by atoms with Gasteiger partial charge in [0.05, 0.1) is 12.0 Å². The molecule has 1 fully saturated rings. The van der Waals surface area contributed by atoms with Crippen molar-refractivity contribution in [3.05, 3.63) is 80.9 Å². The molecule has 138 valence electrons. The van der Waals surface area contributed by atoms with Crippen molar-refractivity contribution in [2.24, 2.45) is 0 Å². The fraction of sp³-hybridized carbons (Fsp3) is 0.368. The van der Waals surface area contributed by atoms with Crippen LogP contribution in [0.2, 0.25) is 5.02 Å². The van der Waals surface area contributed by atoms with Crippen LogP contribution in [0.5, 0.6) is 0 Å². The minimum atomic E-state index is -1.15. The van der Waals surface area contributed by atoms with Gasteiger partial charge in [0.25, 0.3) is 0 Å². The second-order valence-electron chi connectivity index (χ2n) is 6.28. The average molecular weight is 377 g/mol. The first-order chi connectivity index (χ1) is 12.5. The Balaban J connectivity index is 2.04. The molecule has 2 aromatic carbocycles. The lowest BCUT2D eigenvalue weighted by Gasteiger charge is -2.24. The Hall–Kier alpha value is -1.99. The zero-order valence-electron chi connectivity index (χ0n) is 14.3. The van der Waals surface area contributed by atoms with Crippen LogP contribution in [-0.4, -0.2) is 35.0 Å². The number of aliphatic hydroxyl groups is 1. The van der Waals surface area contributed by atoms with Gasteiger partial charge in [-0.15, -0.1) is 0 Å². The lowest BCUT2D eigenvalue weighted by atomic mass is 9.85. The summed E-state index contributed by atoms with van der Waals surface area (Å²) in [4.78, 5) is 11.7. The van der Waals surface area contributed by atoms with E-state index >= 15 is 0 Å². The summed E-state index contributed by atoms with van der Waals surface area (Å²) in [5, 5.41) is 26.2. The molecule has 1 saturated heterocycles. The number of hydrogen-bond acceptors (Lipinski definition) is 5. The van der Waals surface area contributed by atoms with Gasteiger partial charge in [0, 0.05) is 16.6 Å². The van der Waals surface area contributed by atoms with E-state index in [2.05, 4.69) is 5.32 Å². The summed E-state index contributed by atoms with van der Waals surface area (Å²) in [6.45, 7) is 2.09. The first-order valence-corrected chi connectivity index (χ1v) is 8.90. The van der Waals surface area contributed by atoms with Crippen molar-refractivity contribution in [1.82, 2.24) is 5.32 Å². The topological polar surface area (TPSA) is 84.6 Å². The number of halogens is 1. The van der Waals surface area contributed by atoms with E-state index in [-0.39, 0.29) is 4.92 Å². The van der Waals surface area contributed by atoms with Crippen LogP contribution < -0.4 is 5.32 Å². The van der Waals surface area contributed by atoms with Gasteiger partial charge < -0.3 is 9.84 Å². The number of benzene rings is 2. The van der Waals surface area contributed by atoms with E-state index in [0.29, 0.717) is 11.6 Å². The lowest BCUT2D eigenvalue weighted by Crippen LogP contribution is -2.41. The highest BCUT2D eigenvalue weighted by molar-refractivity contribution is 6.30. The fourth-order valence-corrected chi connectivity index (χ4v) is 3.79. The highest BCUT2D eigenvalue weighted by Crippen LogP contribution is 2.41. The summed E-state index contributed by atoms with van der Waals surface area (Å²) < 4.78 is 5.36. The van der Waals surface area contributed by atoms with Crippen molar-refractivity contribution >= 4 is 11.6 Å². The van der Waals surface area contributed by atoms with E-state index in [4.69, 9.17) is 16.3 Å². The van der Waals surface area contributed by atoms with Crippen LogP contribution in [0.25, 0.3) is 0 Å². The molecule has 0 aliphatic carbocycles. The molecule has 0 radical (unpaired) electrons. The minimum absolute atomic E-state index is 0.275. The van der Waals surface area contributed by atoms with Crippen molar-refractivity contribution in [2.75, 3.05) is 6.61 Å². The summed E-state index contributed by atoms with van der Waals surface area (Å²) in [6.07, 6.45) is -1.15. The summed E-state index contributed by atoms with van der Waals surface area (Å²) in [7, 11) is 0. The van der Waals surface area contributed by atoms with Crippen LogP contribution in [-0.2, 0) is 4.74 Å².